The first kappa shape index (κ1) is 19.7. The van der Waals surface area contributed by atoms with Gasteiger partial charge >= 0.3 is 0 Å². The van der Waals surface area contributed by atoms with Gasteiger partial charge in [-0.3, -0.25) is 9.48 Å². The Morgan fingerprint density at radius 2 is 2.20 bits per heavy atom. The molecule has 0 saturated heterocycles. The number of hydrogen-bond acceptors (Lipinski definition) is 6. The van der Waals surface area contributed by atoms with Crippen molar-refractivity contribution in [2.24, 2.45) is 5.92 Å². The van der Waals surface area contributed by atoms with Crippen LogP contribution in [0.25, 0.3) is 11.3 Å². The molecule has 0 unspecified atom stereocenters. The molecule has 1 atom stereocenters. The van der Waals surface area contributed by atoms with E-state index in [4.69, 9.17) is 5.26 Å². The second kappa shape index (κ2) is 8.03. The molecule has 8 heteroatoms. The Bertz CT molecular complexity index is 1140. The summed E-state index contributed by atoms with van der Waals surface area (Å²) in [6, 6.07) is 6.89. The van der Waals surface area contributed by atoms with Crippen LogP contribution in [-0.2, 0) is 0 Å². The number of aromatic nitrogens is 4. The summed E-state index contributed by atoms with van der Waals surface area (Å²) in [5.74, 6) is -1.09. The number of benzene rings is 1. The minimum atomic E-state index is -0.624. The van der Waals surface area contributed by atoms with Gasteiger partial charge in [-0.05, 0) is 44.4 Å². The van der Waals surface area contributed by atoms with Crippen molar-refractivity contribution in [3.05, 3.63) is 53.7 Å². The molecule has 0 amide bonds. The molecule has 0 spiro atoms. The number of halogens is 1. The van der Waals surface area contributed by atoms with Crippen molar-refractivity contribution in [1.82, 2.24) is 19.7 Å². The normalized spacial score (nSPS) is 14.2. The molecule has 1 fully saturated rings. The average Bonchev–Trinajstić information content (AvgIpc) is 3.48. The zero-order valence-corrected chi connectivity index (χ0v) is 16.8. The van der Waals surface area contributed by atoms with E-state index in [9.17, 15) is 9.18 Å². The second-order valence-corrected chi connectivity index (χ2v) is 7.64. The van der Waals surface area contributed by atoms with Gasteiger partial charge in [0.1, 0.15) is 5.82 Å². The first-order chi connectivity index (χ1) is 14.4. The van der Waals surface area contributed by atoms with Gasteiger partial charge in [0.2, 0.25) is 5.95 Å². The molecule has 1 aliphatic carbocycles. The molecule has 4 rings (SSSR count). The maximum absolute atomic E-state index is 14.6. The Kier molecular flexibility index (Phi) is 5.27. The van der Waals surface area contributed by atoms with E-state index in [-0.39, 0.29) is 17.8 Å². The molecular weight excluding hydrogens is 383 g/mol. The molecule has 2 aromatic heterocycles. The average molecular weight is 404 g/mol. The molecule has 1 N–H and O–H groups in total. The van der Waals surface area contributed by atoms with Crippen molar-refractivity contribution in [1.29, 1.82) is 5.26 Å². The summed E-state index contributed by atoms with van der Waals surface area (Å²) in [4.78, 5) is 21.1. The van der Waals surface area contributed by atoms with Crippen LogP contribution in [0.3, 0.4) is 0 Å². The van der Waals surface area contributed by atoms with Crippen LogP contribution in [0.5, 0.6) is 0 Å². The van der Waals surface area contributed by atoms with Crippen LogP contribution in [0.1, 0.15) is 48.1 Å². The van der Waals surface area contributed by atoms with E-state index < -0.39 is 11.7 Å². The fraction of sp³-hybridized carbons (Fsp3) is 0.318. The Balaban J connectivity index is 1.57. The molecule has 1 aliphatic rings. The van der Waals surface area contributed by atoms with E-state index >= 15 is 0 Å². The first-order valence-corrected chi connectivity index (χ1v) is 9.82. The van der Waals surface area contributed by atoms with Crippen molar-refractivity contribution in [3.8, 4) is 17.3 Å². The molecular formula is C22H21FN6O. The van der Waals surface area contributed by atoms with Crippen molar-refractivity contribution in [2.75, 3.05) is 5.32 Å². The number of aryl methyl sites for hydroxylation is 1. The van der Waals surface area contributed by atoms with E-state index in [2.05, 4.69) is 20.4 Å². The van der Waals surface area contributed by atoms with Crippen LogP contribution >= 0.6 is 0 Å². The molecule has 3 aromatic rings. The molecule has 7 nitrogen and oxygen atoms in total. The third-order valence-electron chi connectivity index (χ3n) is 5.01. The Labute approximate surface area is 173 Å². The number of nitriles is 1. The molecule has 152 valence electrons. The topological polar surface area (TPSA) is 96.5 Å². The standard InChI is InChI=1S/C22H21FN6O/c1-13(9-24)7-20(30)18-6-3-15(8-19(18)23)21-14(2)10-25-22(28-21)27-16-11-26-29(12-16)17-4-5-17/h3,6,8,10-13,17H,4-5,7H2,1-2H3,(H,25,27,28)/t13-/m1/s1. The third-order valence-corrected chi connectivity index (χ3v) is 5.01. The SMILES string of the molecule is Cc1cnc(Nc2cnn(C3CC3)c2)nc1-c1ccc(C(=O)C[C@@H](C)C#N)c(F)c1. The number of hydrogen-bond donors (Lipinski definition) is 1. The summed E-state index contributed by atoms with van der Waals surface area (Å²) in [6.07, 6.45) is 7.59. The zero-order chi connectivity index (χ0) is 21.3. The number of carbonyl (C=O) groups excluding carboxylic acids is 1. The van der Waals surface area contributed by atoms with Crippen molar-refractivity contribution < 1.29 is 9.18 Å². The van der Waals surface area contributed by atoms with Gasteiger partial charge in [-0.1, -0.05) is 6.07 Å². The summed E-state index contributed by atoms with van der Waals surface area (Å²) < 4.78 is 16.6. The lowest BCUT2D eigenvalue weighted by atomic mass is 9.98. The number of rotatable bonds is 7. The number of nitrogens with one attached hydrogen (secondary N) is 1. The fourth-order valence-electron chi connectivity index (χ4n) is 3.19. The minimum Gasteiger partial charge on any atom is -0.321 e. The summed E-state index contributed by atoms with van der Waals surface area (Å²) in [7, 11) is 0. The molecule has 0 radical (unpaired) electrons. The summed E-state index contributed by atoms with van der Waals surface area (Å²) in [5, 5.41) is 16.3. The molecule has 30 heavy (non-hydrogen) atoms. The van der Waals surface area contributed by atoms with Crippen LogP contribution in [-0.4, -0.2) is 25.5 Å². The van der Waals surface area contributed by atoms with E-state index in [1.54, 1.807) is 25.4 Å². The lowest BCUT2D eigenvalue weighted by Crippen LogP contribution is -2.07. The van der Waals surface area contributed by atoms with E-state index in [1.807, 2.05) is 23.9 Å². The minimum absolute atomic E-state index is 0.0120. The van der Waals surface area contributed by atoms with E-state index in [0.29, 0.717) is 23.2 Å². The summed E-state index contributed by atoms with van der Waals surface area (Å²) in [6.45, 7) is 3.48. The van der Waals surface area contributed by atoms with Gasteiger partial charge in [0.25, 0.3) is 0 Å². The highest BCUT2D eigenvalue weighted by atomic mass is 19.1. The number of Topliss-reactive ketones (excluding diaryl/α,β-unsaturated/α-hetero) is 1. The predicted molar refractivity (Wildman–Crippen MR) is 110 cm³/mol. The van der Waals surface area contributed by atoms with E-state index in [1.165, 1.54) is 12.1 Å². The highest BCUT2D eigenvalue weighted by Crippen LogP contribution is 2.34. The van der Waals surface area contributed by atoms with Gasteiger partial charge in [0, 0.05) is 24.4 Å². The predicted octanol–water partition coefficient (Wildman–Crippen LogP) is 4.60. The smallest absolute Gasteiger partial charge is 0.227 e. The number of anilines is 2. The maximum atomic E-state index is 14.6. The number of ketones is 1. The van der Waals surface area contributed by atoms with Crippen LogP contribution in [0.4, 0.5) is 16.0 Å². The Morgan fingerprint density at radius 1 is 1.40 bits per heavy atom. The second-order valence-electron chi connectivity index (χ2n) is 7.64. The Morgan fingerprint density at radius 3 is 2.90 bits per heavy atom. The van der Waals surface area contributed by atoms with Gasteiger partial charge in [-0.15, -0.1) is 0 Å². The van der Waals surface area contributed by atoms with Gasteiger partial charge in [-0.2, -0.15) is 10.4 Å². The third kappa shape index (κ3) is 4.20. The number of nitrogens with zero attached hydrogens (tertiary/aromatic N) is 5. The number of carbonyl (C=O) groups is 1. The van der Waals surface area contributed by atoms with Crippen molar-refractivity contribution >= 4 is 17.4 Å². The molecule has 1 saturated carbocycles. The van der Waals surface area contributed by atoms with Crippen LogP contribution < -0.4 is 5.32 Å². The van der Waals surface area contributed by atoms with Gasteiger partial charge in [-0.25, -0.2) is 14.4 Å². The quantitative estimate of drug-likeness (QED) is 0.578. The maximum Gasteiger partial charge on any atom is 0.227 e. The molecule has 1 aromatic carbocycles. The Hall–Kier alpha value is -3.60. The van der Waals surface area contributed by atoms with Gasteiger partial charge < -0.3 is 5.32 Å². The van der Waals surface area contributed by atoms with Crippen molar-refractivity contribution in [3.63, 3.8) is 0 Å². The van der Waals surface area contributed by atoms with Crippen LogP contribution in [0, 0.1) is 30.0 Å². The lowest BCUT2D eigenvalue weighted by molar-refractivity contribution is 0.0969. The van der Waals surface area contributed by atoms with Gasteiger partial charge in [0.05, 0.1) is 41.2 Å². The monoisotopic (exact) mass is 404 g/mol. The van der Waals surface area contributed by atoms with Crippen LogP contribution in [0.2, 0.25) is 0 Å². The van der Waals surface area contributed by atoms with Crippen molar-refractivity contribution in [2.45, 2.75) is 39.2 Å². The van der Waals surface area contributed by atoms with E-state index in [0.717, 1.165) is 24.1 Å². The largest absolute Gasteiger partial charge is 0.321 e. The fourth-order valence-corrected chi connectivity index (χ4v) is 3.19. The first-order valence-electron chi connectivity index (χ1n) is 9.82. The van der Waals surface area contributed by atoms with Gasteiger partial charge in [0.15, 0.2) is 5.78 Å². The molecule has 0 bridgehead atoms. The highest BCUT2D eigenvalue weighted by Gasteiger charge is 2.24. The zero-order valence-electron chi connectivity index (χ0n) is 16.8. The van der Waals surface area contributed by atoms with Crippen LogP contribution in [0.15, 0.2) is 36.8 Å². The molecule has 2 heterocycles. The summed E-state index contributed by atoms with van der Waals surface area (Å²) >= 11 is 0. The lowest BCUT2D eigenvalue weighted by Gasteiger charge is -2.10. The summed E-state index contributed by atoms with van der Waals surface area (Å²) in [5.41, 5.74) is 2.68. The molecule has 0 aliphatic heterocycles. The highest BCUT2D eigenvalue weighted by molar-refractivity contribution is 5.97.